The summed E-state index contributed by atoms with van der Waals surface area (Å²) in [5.74, 6) is -0.901. The Morgan fingerprint density at radius 3 is 2.27 bits per heavy atom. The lowest BCUT2D eigenvalue weighted by Gasteiger charge is -2.12. The van der Waals surface area contributed by atoms with Gasteiger partial charge in [0.15, 0.2) is 9.84 Å². The Kier molecular flexibility index (Phi) is 5.86. The number of rotatable bonds is 7. The average Bonchev–Trinajstić information content (AvgIpc) is 2.43. The van der Waals surface area contributed by atoms with Crippen molar-refractivity contribution in [3.8, 4) is 0 Å². The molecule has 0 radical (unpaired) electrons. The molecule has 0 saturated carbocycles. The zero-order valence-corrected chi connectivity index (χ0v) is 13.7. The molecule has 0 fully saturated rings. The third-order valence-electron chi connectivity index (χ3n) is 2.98. The summed E-state index contributed by atoms with van der Waals surface area (Å²) in [6.45, 7) is 4.72. The molecule has 0 aliphatic rings. The van der Waals surface area contributed by atoms with E-state index >= 15 is 0 Å². The van der Waals surface area contributed by atoms with E-state index in [1.807, 2.05) is 0 Å². The Bertz CT molecular complexity index is 752. The topological polar surface area (TPSA) is 123 Å². The van der Waals surface area contributed by atoms with Gasteiger partial charge in [0.25, 0.3) is 0 Å². The van der Waals surface area contributed by atoms with Crippen LogP contribution < -0.4 is 10.5 Å². The van der Waals surface area contributed by atoms with E-state index < -0.39 is 31.0 Å². The number of primary sulfonamides is 1. The lowest BCUT2D eigenvalue weighted by molar-refractivity contribution is -0.120. The maximum Gasteiger partial charge on any atom is 0.238 e. The molecule has 0 aromatic heterocycles. The Labute approximate surface area is 130 Å². The highest BCUT2D eigenvalue weighted by Gasteiger charge is 2.26. The minimum absolute atomic E-state index is 0.0375. The largest absolute Gasteiger partial charge is 0.351 e. The molecule has 22 heavy (non-hydrogen) atoms. The van der Waals surface area contributed by atoms with Crippen LogP contribution in [0.25, 0.3) is 0 Å². The summed E-state index contributed by atoms with van der Waals surface area (Å²) in [4.78, 5) is 11.8. The predicted octanol–water partition coefficient (Wildman–Crippen LogP) is -0.0605. The van der Waals surface area contributed by atoms with E-state index in [1.165, 1.54) is 37.3 Å². The average molecular weight is 346 g/mol. The molecule has 0 aliphatic carbocycles. The highest BCUT2D eigenvalue weighted by molar-refractivity contribution is 7.92. The molecule has 7 nitrogen and oxygen atoms in total. The van der Waals surface area contributed by atoms with Crippen LogP contribution in [-0.2, 0) is 31.2 Å². The number of hydrogen-bond acceptors (Lipinski definition) is 5. The van der Waals surface area contributed by atoms with Crippen molar-refractivity contribution in [2.45, 2.75) is 23.6 Å². The SMILES string of the molecule is C=CCS(=O)(=O)C(C)C(=O)NCc1ccc(S(N)(=O)=O)cc1. The van der Waals surface area contributed by atoms with Crippen molar-refractivity contribution in [1.82, 2.24) is 5.32 Å². The second-order valence-corrected chi connectivity index (χ2v) is 8.59. The van der Waals surface area contributed by atoms with Gasteiger partial charge in [-0.15, -0.1) is 6.58 Å². The first-order valence-corrected chi connectivity index (χ1v) is 9.56. The van der Waals surface area contributed by atoms with E-state index in [9.17, 15) is 21.6 Å². The first-order chi connectivity index (χ1) is 10.1. The van der Waals surface area contributed by atoms with E-state index in [1.54, 1.807) is 0 Å². The summed E-state index contributed by atoms with van der Waals surface area (Å²) in [5.41, 5.74) is 0.620. The summed E-state index contributed by atoms with van der Waals surface area (Å²) in [6, 6.07) is 5.61. The molecule has 9 heteroatoms. The Balaban J connectivity index is 2.70. The number of nitrogens with one attached hydrogen (secondary N) is 1. The molecule has 1 atom stereocenters. The van der Waals surface area contributed by atoms with Crippen LogP contribution in [0, 0.1) is 0 Å². The van der Waals surface area contributed by atoms with Crippen LogP contribution in [0.5, 0.6) is 0 Å². The molecule has 0 spiro atoms. The van der Waals surface area contributed by atoms with E-state index in [0.717, 1.165) is 0 Å². The van der Waals surface area contributed by atoms with Gasteiger partial charge in [0.1, 0.15) is 5.25 Å². The van der Waals surface area contributed by atoms with Gasteiger partial charge in [0, 0.05) is 6.54 Å². The highest BCUT2D eigenvalue weighted by Crippen LogP contribution is 2.09. The first-order valence-electron chi connectivity index (χ1n) is 6.30. The van der Waals surface area contributed by atoms with Crippen LogP contribution in [0.4, 0.5) is 0 Å². The second-order valence-electron chi connectivity index (χ2n) is 4.67. The zero-order chi connectivity index (χ0) is 17.0. The molecule has 0 saturated heterocycles. The maximum atomic E-state index is 11.8. The van der Waals surface area contributed by atoms with Gasteiger partial charge in [-0.25, -0.2) is 22.0 Å². The molecule has 1 rings (SSSR count). The number of sulfone groups is 1. The minimum atomic E-state index is -3.77. The fraction of sp³-hybridized carbons (Fsp3) is 0.308. The Hall–Kier alpha value is -1.71. The van der Waals surface area contributed by atoms with Gasteiger partial charge in [0.05, 0.1) is 10.6 Å². The molecule has 0 heterocycles. The van der Waals surface area contributed by atoms with Gasteiger partial charge in [-0.05, 0) is 24.6 Å². The first kappa shape index (κ1) is 18.3. The third-order valence-corrected chi connectivity index (χ3v) is 5.90. The Morgan fingerprint density at radius 2 is 1.82 bits per heavy atom. The monoisotopic (exact) mass is 346 g/mol. The number of carbonyl (C=O) groups excluding carboxylic acids is 1. The standard InChI is InChI=1S/C13H18N2O5S2/c1-3-8-21(17,18)10(2)13(16)15-9-11-4-6-12(7-5-11)22(14,19)20/h3-7,10H,1,8-9H2,2H3,(H,15,16)(H2,14,19,20). The number of carbonyl (C=O) groups is 1. The summed E-state index contributed by atoms with van der Waals surface area (Å²) < 4.78 is 45.7. The number of nitrogens with two attached hydrogens (primary N) is 1. The fourth-order valence-corrected chi connectivity index (χ4v) is 3.14. The molecular formula is C13H18N2O5S2. The van der Waals surface area contributed by atoms with E-state index in [-0.39, 0.29) is 17.2 Å². The van der Waals surface area contributed by atoms with Crippen molar-refractivity contribution >= 4 is 25.8 Å². The van der Waals surface area contributed by atoms with Crippen molar-refractivity contribution in [2.24, 2.45) is 5.14 Å². The smallest absolute Gasteiger partial charge is 0.238 e. The molecular weight excluding hydrogens is 328 g/mol. The number of benzene rings is 1. The van der Waals surface area contributed by atoms with Crippen LogP contribution in [0.3, 0.4) is 0 Å². The van der Waals surface area contributed by atoms with Crippen LogP contribution in [-0.4, -0.2) is 33.7 Å². The lowest BCUT2D eigenvalue weighted by Crippen LogP contribution is -2.38. The van der Waals surface area contributed by atoms with Crippen molar-refractivity contribution in [3.05, 3.63) is 42.5 Å². The van der Waals surface area contributed by atoms with Crippen LogP contribution in [0.2, 0.25) is 0 Å². The van der Waals surface area contributed by atoms with Crippen molar-refractivity contribution in [3.63, 3.8) is 0 Å². The van der Waals surface area contributed by atoms with E-state index in [4.69, 9.17) is 5.14 Å². The molecule has 1 aromatic rings. The van der Waals surface area contributed by atoms with Crippen LogP contribution in [0.15, 0.2) is 41.8 Å². The second kappa shape index (κ2) is 7.03. The van der Waals surface area contributed by atoms with Gasteiger partial charge in [-0.1, -0.05) is 18.2 Å². The quantitative estimate of drug-likeness (QED) is 0.669. The van der Waals surface area contributed by atoms with Gasteiger partial charge >= 0.3 is 0 Å². The number of amides is 1. The van der Waals surface area contributed by atoms with E-state index in [2.05, 4.69) is 11.9 Å². The fourth-order valence-electron chi connectivity index (χ4n) is 1.60. The molecule has 122 valence electrons. The van der Waals surface area contributed by atoms with Gasteiger partial charge < -0.3 is 5.32 Å². The summed E-state index contributed by atoms with van der Waals surface area (Å²) in [5, 5.41) is 6.28. The van der Waals surface area contributed by atoms with Crippen molar-refractivity contribution in [1.29, 1.82) is 0 Å². The van der Waals surface area contributed by atoms with Gasteiger partial charge in [0.2, 0.25) is 15.9 Å². The number of hydrogen-bond donors (Lipinski definition) is 2. The minimum Gasteiger partial charge on any atom is -0.351 e. The van der Waals surface area contributed by atoms with Crippen LogP contribution >= 0.6 is 0 Å². The van der Waals surface area contributed by atoms with Gasteiger partial charge in [-0.2, -0.15) is 0 Å². The predicted molar refractivity (Wildman–Crippen MR) is 83.1 cm³/mol. The molecule has 1 amide bonds. The zero-order valence-electron chi connectivity index (χ0n) is 12.0. The van der Waals surface area contributed by atoms with Crippen molar-refractivity contribution < 1.29 is 21.6 Å². The van der Waals surface area contributed by atoms with Crippen LogP contribution in [0.1, 0.15) is 12.5 Å². The number of sulfonamides is 1. The van der Waals surface area contributed by atoms with Crippen molar-refractivity contribution in [2.75, 3.05) is 5.75 Å². The third kappa shape index (κ3) is 4.93. The molecule has 0 aliphatic heterocycles. The molecule has 0 bridgehead atoms. The van der Waals surface area contributed by atoms with E-state index in [0.29, 0.717) is 5.56 Å². The molecule has 1 aromatic carbocycles. The molecule has 3 N–H and O–H groups in total. The Morgan fingerprint density at radius 1 is 1.27 bits per heavy atom. The summed E-state index contributed by atoms with van der Waals surface area (Å²) in [6.07, 6.45) is 1.23. The maximum absolute atomic E-state index is 11.8. The lowest BCUT2D eigenvalue weighted by atomic mass is 10.2. The van der Waals surface area contributed by atoms with Gasteiger partial charge in [-0.3, -0.25) is 4.79 Å². The summed E-state index contributed by atoms with van der Waals surface area (Å²) in [7, 11) is -7.33. The normalized spacial score (nSPS) is 13.4. The molecule has 1 unspecified atom stereocenters. The highest BCUT2D eigenvalue weighted by atomic mass is 32.2. The summed E-state index contributed by atoms with van der Waals surface area (Å²) >= 11 is 0.